The maximum atomic E-state index is 13.3. The lowest BCUT2D eigenvalue weighted by atomic mass is 9.94. The molecule has 0 saturated carbocycles. The molecule has 2 aliphatic heterocycles. The molecule has 4 rings (SSSR count). The molecule has 2 atom stereocenters. The van der Waals surface area contributed by atoms with Crippen molar-refractivity contribution in [3.05, 3.63) is 64.7 Å². The number of ether oxygens (including phenoxy) is 2. The Morgan fingerprint density at radius 3 is 2.74 bits per heavy atom. The van der Waals surface area contributed by atoms with Crippen LogP contribution in [-0.2, 0) is 16.0 Å². The number of carbonyl (C=O) groups excluding carboxylic acids is 2. The van der Waals surface area contributed by atoms with Gasteiger partial charge >= 0.3 is 0 Å². The Hall–Kier alpha value is -3.32. The van der Waals surface area contributed by atoms with Crippen LogP contribution in [0.5, 0.6) is 11.5 Å². The van der Waals surface area contributed by atoms with E-state index in [1.54, 1.807) is 11.0 Å². The van der Waals surface area contributed by atoms with Crippen molar-refractivity contribution in [1.82, 2.24) is 9.80 Å². The van der Waals surface area contributed by atoms with E-state index in [4.69, 9.17) is 9.47 Å². The molecular formula is C28H34N2O5. The van der Waals surface area contributed by atoms with E-state index in [2.05, 4.69) is 6.92 Å². The predicted molar refractivity (Wildman–Crippen MR) is 135 cm³/mol. The second-order valence-electron chi connectivity index (χ2n) is 9.53. The maximum absolute atomic E-state index is 13.3. The SMILES string of the molecule is CCCCOc1cccc([C@@H]2/C(=C(\O)c3ccc4c(c3)C[C@H](C)O4)C(=O)C(=O)N2CCN(C)C)c1. The summed E-state index contributed by atoms with van der Waals surface area (Å²) in [6, 6.07) is 12.2. The molecule has 2 aromatic rings. The number of Topliss-reactive ketones (excluding diaryl/α,β-unsaturated/α-hetero) is 1. The fourth-order valence-corrected chi connectivity index (χ4v) is 4.60. The molecule has 35 heavy (non-hydrogen) atoms. The highest BCUT2D eigenvalue weighted by Crippen LogP contribution is 2.41. The van der Waals surface area contributed by atoms with Crippen LogP contribution >= 0.6 is 0 Å². The average Bonchev–Trinajstić information content (AvgIpc) is 3.33. The summed E-state index contributed by atoms with van der Waals surface area (Å²) in [5.74, 6) is 0.0228. The zero-order chi connectivity index (χ0) is 25.1. The Morgan fingerprint density at radius 2 is 2.00 bits per heavy atom. The van der Waals surface area contributed by atoms with Crippen molar-refractivity contribution in [3.63, 3.8) is 0 Å². The third kappa shape index (κ3) is 5.20. The van der Waals surface area contributed by atoms with E-state index in [0.29, 0.717) is 31.0 Å². The van der Waals surface area contributed by atoms with Gasteiger partial charge in [0.2, 0.25) is 0 Å². The molecule has 186 valence electrons. The summed E-state index contributed by atoms with van der Waals surface area (Å²) in [4.78, 5) is 29.9. The van der Waals surface area contributed by atoms with Crippen molar-refractivity contribution in [1.29, 1.82) is 0 Å². The number of nitrogens with zero attached hydrogens (tertiary/aromatic N) is 2. The second kappa shape index (κ2) is 10.5. The Balaban J connectivity index is 1.77. The van der Waals surface area contributed by atoms with E-state index in [1.165, 1.54) is 0 Å². The van der Waals surface area contributed by atoms with Crippen LogP contribution in [0.3, 0.4) is 0 Å². The molecule has 1 fully saturated rings. The van der Waals surface area contributed by atoms with Gasteiger partial charge in [-0.3, -0.25) is 9.59 Å². The van der Waals surface area contributed by atoms with E-state index >= 15 is 0 Å². The molecule has 2 heterocycles. The molecule has 1 N–H and O–H groups in total. The number of hydrogen-bond donors (Lipinski definition) is 1. The van der Waals surface area contributed by atoms with E-state index in [-0.39, 0.29) is 17.4 Å². The van der Waals surface area contributed by atoms with Crippen LogP contribution < -0.4 is 9.47 Å². The first kappa shape index (κ1) is 24.8. The smallest absolute Gasteiger partial charge is 0.295 e. The number of benzene rings is 2. The molecule has 7 nitrogen and oxygen atoms in total. The third-order valence-corrected chi connectivity index (χ3v) is 6.44. The highest BCUT2D eigenvalue weighted by Gasteiger charge is 2.46. The number of amides is 1. The summed E-state index contributed by atoms with van der Waals surface area (Å²) in [5.41, 5.74) is 2.32. The number of ketones is 1. The normalized spacial score (nSPS) is 20.9. The summed E-state index contributed by atoms with van der Waals surface area (Å²) < 4.78 is 11.7. The fraction of sp³-hybridized carbons (Fsp3) is 0.429. The summed E-state index contributed by atoms with van der Waals surface area (Å²) in [6.07, 6.45) is 2.75. The molecule has 1 saturated heterocycles. The Bertz CT molecular complexity index is 1140. The molecule has 0 bridgehead atoms. The van der Waals surface area contributed by atoms with Crippen LogP contribution in [0.25, 0.3) is 5.76 Å². The van der Waals surface area contributed by atoms with Gasteiger partial charge in [-0.15, -0.1) is 0 Å². The number of rotatable bonds is 9. The number of likely N-dealkylation sites (tertiary alicyclic amines) is 1. The van der Waals surface area contributed by atoms with Gasteiger partial charge in [0.1, 0.15) is 23.4 Å². The van der Waals surface area contributed by atoms with Gasteiger partial charge in [-0.1, -0.05) is 25.5 Å². The summed E-state index contributed by atoms with van der Waals surface area (Å²) >= 11 is 0. The molecule has 2 aliphatic rings. The van der Waals surface area contributed by atoms with E-state index in [1.807, 2.05) is 62.3 Å². The van der Waals surface area contributed by atoms with Crippen LogP contribution in [0.4, 0.5) is 0 Å². The first-order chi connectivity index (χ1) is 16.8. The van der Waals surface area contributed by atoms with Gasteiger partial charge in [0.05, 0.1) is 18.2 Å². The summed E-state index contributed by atoms with van der Waals surface area (Å²) in [7, 11) is 3.84. The van der Waals surface area contributed by atoms with Crippen LogP contribution in [0.1, 0.15) is 49.4 Å². The monoisotopic (exact) mass is 478 g/mol. The minimum absolute atomic E-state index is 0.0643. The van der Waals surface area contributed by atoms with Gasteiger partial charge in [0.15, 0.2) is 0 Å². The second-order valence-corrected chi connectivity index (χ2v) is 9.53. The van der Waals surface area contributed by atoms with Crippen molar-refractivity contribution in [2.24, 2.45) is 0 Å². The van der Waals surface area contributed by atoms with E-state index in [0.717, 1.165) is 36.1 Å². The Kier molecular flexibility index (Phi) is 7.45. The largest absolute Gasteiger partial charge is 0.507 e. The van der Waals surface area contributed by atoms with E-state index in [9.17, 15) is 14.7 Å². The lowest BCUT2D eigenvalue weighted by molar-refractivity contribution is -0.140. The van der Waals surface area contributed by atoms with Crippen LogP contribution in [0, 0.1) is 0 Å². The molecule has 0 spiro atoms. The quantitative estimate of drug-likeness (QED) is 0.252. The highest BCUT2D eigenvalue weighted by atomic mass is 16.5. The lowest BCUT2D eigenvalue weighted by Crippen LogP contribution is -2.35. The van der Waals surface area contributed by atoms with Crippen LogP contribution in [0.2, 0.25) is 0 Å². The molecule has 0 radical (unpaired) electrons. The van der Waals surface area contributed by atoms with Gasteiger partial charge in [-0.2, -0.15) is 0 Å². The predicted octanol–water partition coefficient (Wildman–Crippen LogP) is 4.17. The topological polar surface area (TPSA) is 79.3 Å². The molecule has 0 aromatic heterocycles. The van der Waals surface area contributed by atoms with Crippen molar-refractivity contribution < 1.29 is 24.2 Å². The minimum atomic E-state index is -0.701. The number of unbranched alkanes of at least 4 members (excludes halogenated alkanes) is 1. The van der Waals surface area contributed by atoms with Crippen molar-refractivity contribution in [3.8, 4) is 11.5 Å². The number of aliphatic hydroxyl groups excluding tert-OH is 1. The molecule has 0 aliphatic carbocycles. The van der Waals surface area contributed by atoms with Crippen LogP contribution in [-0.4, -0.2) is 66.5 Å². The number of carbonyl (C=O) groups is 2. The first-order valence-electron chi connectivity index (χ1n) is 12.3. The van der Waals surface area contributed by atoms with E-state index < -0.39 is 17.7 Å². The maximum Gasteiger partial charge on any atom is 0.295 e. The zero-order valence-corrected chi connectivity index (χ0v) is 20.9. The summed E-state index contributed by atoms with van der Waals surface area (Å²) in [6.45, 7) is 5.63. The molecule has 0 unspecified atom stereocenters. The Labute approximate surface area is 206 Å². The number of likely N-dealkylation sites (N-methyl/N-ethyl adjacent to an activating group) is 1. The van der Waals surface area contributed by atoms with Gasteiger partial charge in [0, 0.05) is 25.1 Å². The standard InChI is InChI=1S/C28H34N2O5/c1-5-6-14-34-22-9-7-8-19(17-22)25-24(27(32)28(33)30(25)13-12-29(3)4)26(31)20-10-11-23-21(16-20)15-18(2)35-23/h7-11,16-18,25,31H,5-6,12-15H2,1-4H3/b26-24+/t18-,25+/m0/s1. The molecule has 2 aromatic carbocycles. The van der Waals surface area contributed by atoms with Gasteiger partial charge < -0.3 is 24.4 Å². The third-order valence-electron chi connectivity index (χ3n) is 6.44. The van der Waals surface area contributed by atoms with Crippen molar-refractivity contribution in [2.75, 3.05) is 33.8 Å². The molecule has 1 amide bonds. The lowest BCUT2D eigenvalue weighted by Gasteiger charge is -2.27. The molecule has 7 heteroatoms. The Morgan fingerprint density at radius 1 is 1.20 bits per heavy atom. The number of hydrogen-bond acceptors (Lipinski definition) is 6. The first-order valence-corrected chi connectivity index (χ1v) is 12.3. The van der Waals surface area contributed by atoms with Crippen LogP contribution in [0.15, 0.2) is 48.0 Å². The summed E-state index contributed by atoms with van der Waals surface area (Å²) in [5, 5.41) is 11.4. The van der Waals surface area contributed by atoms with Crippen molar-refractivity contribution in [2.45, 2.75) is 45.3 Å². The van der Waals surface area contributed by atoms with Gasteiger partial charge in [0.25, 0.3) is 11.7 Å². The molecular weight excluding hydrogens is 444 g/mol. The number of aliphatic hydroxyl groups is 1. The number of fused-ring (bicyclic) bond motifs is 1. The van der Waals surface area contributed by atoms with Gasteiger partial charge in [-0.25, -0.2) is 0 Å². The zero-order valence-electron chi connectivity index (χ0n) is 20.9. The minimum Gasteiger partial charge on any atom is -0.507 e. The van der Waals surface area contributed by atoms with Gasteiger partial charge in [-0.05, 0) is 68.9 Å². The van der Waals surface area contributed by atoms with Crippen molar-refractivity contribution >= 4 is 17.4 Å². The fourth-order valence-electron chi connectivity index (χ4n) is 4.60. The average molecular weight is 479 g/mol. The highest BCUT2D eigenvalue weighted by molar-refractivity contribution is 6.46.